The van der Waals surface area contributed by atoms with E-state index in [4.69, 9.17) is 9.47 Å². The smallest absolute Gasteiger partial charge is 0.408 e. The lowest BCUT2D eigenvalue weighted by atomic mass is 9.99. The number of alkyl carbamates (subject to hydrolysis) is 1. The standard InChI is InChI=1S/C37H55N3O7/c1-9-10-11-12-13-19-24-40(33(43)26(2)38-35(45)47-37(6,7)8)31(28-22-17-18-23-30(28)41)32(42)39-29(34(44)46-36(3,4)5)25-27-20-15-14-16-21-27/h14-18,20-23,26,29,31,41H,9-13,19,24-25H2,1-8H3,(H,38,45)(H,39,42). The number of para-hydroxylation sites is 1. The van der Waals surface area contributed by atoms with Crippen LogP contribution in [0.3, 0.4) is 0 Å². The molecule has 0 aliphatic rings. The van der Waals surface area contributed by atoms with Crippen LogP contribution in [-0.2, 0) is 30.3 Å². The van der Waals surface area contributed by atoms with Crippen molar-refractivity contribution in [1.82, 2.24) is 15.5 Å². The number of hydrogen-bond donors (Lipinski definition) is 3. The molecule has 47 heavy (non-hydrogen) atoms. The van der Waals surface area contributed by atoms with Crippen molar-refractivity contribution in [3.05, 3.63) is 65.7 Å². The van der Waals surface area contributed by atoms with Gasteiger partial charge < -0.3 is 30.1 Å². The van der Waals surface area contributed by atoms with Crippen LogP contribution in [0.15, 0.2) is 54.6 Å². The summed E-state index contributed by atoms with van der Waals surface area (Å²) in [6.45, 7) is 14.2. The normalized spacial score (nSPS) is 13.5. The highest BCUT2D eigenvalue weighted by Crippen LogP contribution is 2.30. The Morgan fingerprint density at radius 1 is 0.787 bits per heavy atom. The first-order valence-electron chi connectivity index (χ1n) is 16.7. The lowest BCUT2D eigenvalue weighted by molar-refractivity contribution is -0.159. The average molecular weight is 654 g/mol. The van der Waals surface area contributed by atoms with Gasteiger partial charge in [0.2, 0.25) is 11.8 Å². The third-order valence-corrected chi connectivity index (χ3v) is 7.22. The summed E-state index contributed by atoms with van der Waals surface area (Å²) in [5, 5.41) is 16.4. The lowest BCUT2D eigenvalue weighted by Crippen LogP contribution is -2.54. The van der Waals surface area contributed by atoms with E-state index in [0.717, 1.165) is 37.7 Å². The van der Waals surface area contributed by atoms with Crippen molar-refractivity contribution in [3.63, 3.8) is 0 Å². The number of phenolic OH excluding ortho intramolecular Hbond substituents is 1. The molecule has 10 heteroatoms. The van der Waals surface area contributed by atoms with Gasteiger partial charge in [-0.05, 0) is 66.5 Å². The monoisotopic (exact) mass is 653 g/mol. The first-order chi connectivity index (χ1) is 22.0. The molecule has 0 fully saturated rings. The number of amides is 3. The molecule has 10 nitrogen and oxygen atoms in total. The van der Waals surface area contributed by atoms with E-state index in [9.17, 15) is 24.3 Å². The number of benzene rings is 2. The Kier molecular flexibility index (Phi) is 15.2. The predicted molar refractivity (Wildman–Crippen MR) is 183 cm³/mol. The summed E-state index contributed by atoms with van der Waals surface area (Å²) in [7, 11) is 0. The van der Waals surface area contributed by atoms with Crippen molar-refractivity contribution in [1.29, 1.82) is 0 Å². The van der Waals surface area contributed by atoms with Crippen molar-refractivity contribution < 1.29 is 33.8 Å². The van der Waals surface area contributed by atoms with Gasteiger partial charge in [0.1, 0.15) is 35.1 Å². The number of esters is 1. The maximum Gasteiger partial charge on any atom is 0.408 e. The minimum absolute atomic E-state index is 0.150. The van der Waals surface area contributed by atoms with E-state index in [1.165, 1.54) is 17.9 Å². The Labute approximate surface area is 280 Å². The van der Waals surface area contributed by atoms with Crippen molar-refractivity contribution >= 4 is 23.9 Å². The van der Waals surface area contributed by atoms with Crippen LogP contribution in [0.2, 0.25) is 0 Å². The zero-order valence-electron chi connectivity index (χ0n) is 29.4. The zero-order valence-corrected chi connectivity index (χ0v) is 29.4. The van der Waals surface area contributed by atoms with Gasteiger partial charge in [-0.2, -0.15) is 0 Å². The second-order valence-corrected chi connectivity index (χ2v) is 13.9. The van der Waals surface area contributed by atoms with Crippen LogP contribution in [0, 0.1) is 0 Å². The maximum atomic E-state index is 14.4. The Bertz CT molecular complexity index is 1300. The molecule has 0 radical (unpaired) electrons. The molecule has 0 bridgehead atoms. The summed E-state index contributed by atoms with van der Waals surface area (Å²) >= 11 is 0. The summed E-state index contributed by atoms with van der Waals surface area (Å²) in [6, 6.07) is 12.1. The fourth-order valence-electron chi connectivity index (χ4n) is 5.06. The Morgan fingerprint density at radius 2 is 1.36 bits per heavy atom. The van der Waals surface area contributed by atoms with Crippen LogP contribution in [-0.4, -0.2) is 63.7 Å². The Morgan fingerprint density at radius 3 is 1.96 bits per heavy atom. The molecule has 0 heterocycles. The second-order valence-electron chi connectivity index (χ2n) is 13.9. The summed E-state index contributed by atoms with van der Waals surface area (Å²) < 4.78 is 11.0. The van der Waals surface area contributed by atoms with Gasteiger partial charge in [-0.15, -0.1) is 0 Å². The van der Waals surface area contributed by atoms with Gasteiger partial charge in [0.05, 0.1) is 0 Å². The van der Waals surface area contributed by atoms with E-state index in [0.29, 0.717) is 6.42 Å². The van der Waals surface area contributed by atoms with Crippen molar-refractivity contribution in [2.75, 3.05) is 6.54 Å². The molecule has 2 rings (SSSR count). The minimum Gasteiger partial charge on any atom is -0.508 e. The third-order valence-electron chi connectivity index (χ3n) is 7.22. The predicted octanol–water partition coefficient (Wildman–Crippen LogP) is 6.60. The molecule has 0 saturated heterocycles. The van der Waals surface area contributed by atoms with E-state index in [-0.39, 0.29) is 24.3 Å². The molecule has 3 unspecified atom stereocenters. The van der Waals surface area contributed by atoms with E-state index < -0.39 is 53.2 Å². The molecule has 0 aliphatic carbocycles. The van der Waals surface area contributed by atoms with Crippen LogP contribution < -0.4 is 10.6 Å². The summed E-state index contributed by atoms with van der Waals surface area (Å²) in [4.78, 5) is 56.0. The molecule has 0 spiro atoms. The van der Waals surface area contributed by atoms with Gasteiger partial charge >= 0.3 is 12.1 Å². The van der Waals surface area contributed by atoms with Crippen molar-refractivity contribution in [2.45, 2.75) is 130 Å². The van der Waals surface area contributed by atoms with Crippen LogP contribution in [0.5, 0.6) is 5.75 Å². The van der Waals surface area contributed by atoms with Crippen molar-refractivity contribution in [3.8, 4) is 5.75 Å². The van der Waals surface area contributed by atoms with Crippen LogP contribution in [0.1, 0.15) is 111 Å². The highest BCUT2D eigenvalue weighted by molar-refractivity contribution is 5.94. The quantitative estimate of drug-likeness (QED) is 0.137. The first-order valence-corrected chi connectivity index (χ1v) is 16.7. The molecule has 2 aromatic rings. The first kappa shape index (κ1) is 39.1. The number of nitrogens with one attached hydrogen (secondary N) is 2. The summed E-state index contributed by atoms with van der Waals surface area (Å²) in [6.07, 6.45) is 5.01. The largest absolute Gasteiger partial charge is 0.508 e. The number of ether oxygens (including phenoxy) is 2. The molecular formula is C37H55N3O7. The number of carbonyl (C=O) groups is 4. The fraction of sp³-hybridized carbons (Fsp3) is 0.568. The molecule has 0 saturated carbocycles. The molecule has 2 aromatic carbocycles. The van der Waals surface area contributed by atoms with Crippen molar-refractivity contribution in [2.24, 2.45) is 0 Å². The molecule has 260 valence electrons. The van der Waals surface area contributed by atoms with Gasteiger partial charge in [-0.25, -0.2) is 9.59 Å². The Hall–Kier alpha value is -4.08. The molecule has 3 amide bonds. The number of hydrogen-bond acceptors (Lipinski definition) is 7. The Balaban J connectivity index is 2.52. The lowest BCUT2D eigenvalue weighted by Gasteiger charge is -2.35. The molecular weight excluding hydrogens is 598 g/mol. The molecule has 0 aromatic heterocycles. The van der Waals surface area contributed by atoms with Crippen LogP contribution in [0.25, 0.3) is 0 Å². The highest BCUT2D eigenvalue weighted by atomic mass is 16.6. The van der Waals surface area contributed by atoms with Gasteiger partial charge in [0.15, 0.2) is 0 Å². The van der Waals surface area contributed by atoms with Gasteiger partial charge in [-0.3, -0.25) is 9.59 Å². The van der Waals surface area contributed by atoms with E-state index in [1.807, 2.05) is 30.3 Å². The summed E-state index contributed by atoms with van der Waals surface area (Å²) in [5.74, 6) is -2.01. The maximum absolute atomic E-state index is 14.4. The molecule has 0 aliphatic heterocycles. The van der Waals surface area contributed by atoms with Gasteiger partial charge in [-0.1, -0.05) is 87.6 Å². The van der Waals surface area contributed by atoms with Crippen LogP contribution in [0.4, 0.5) is 4.79 Å². The molecule has 3 atom stereocenters. The van der Waals surface area contributed by atoms with E-state index >= 15 is 0 Å². The second kappa shape index (κ2) is 18.3. The highest BCUT2D eigenvalue weighted by Gasteiger charge is 2.38. The van der Waals surface area contributed by atoms with Crippen LogP contribution >= 0.6 is 0 Å². The third kappa shape index (κ3) is 14.1. The number of unbranched alkanes of at least 4 members (excludes halogenated alkanes) is 5. The van der Waals surface area contributed by atoms with E-state index in [2.05, 4.69) is 17.6 Å². The number of aromatic hydroxyl groups is 1. The average Bonchev–Trinajstić information content (AvgIpc) is 2.97. The number of rotatable bonds is 16. The van der Waals surface area contributed by atoms with Gasteiger partial charge in [0.25, 0.3) is 0 Å². The number of carbonyl (C=O) groups excluding carboxylic acids is 4. The van der Waals surface area contributed by atoms with Gasteiger partial charge in [0, 0.05) is 18.5 Å². The minimum atomic E-state index is -1.32. The number of phenols is 1. The van der Waals surface area contributed by atoms with E-state index in [1.54, 1.807) is 59.7 Å². The topological polar surface area (TPSA) is 134 Å². The SMILES string of the molecule is CCCCCCCCN(C(=O)C(C)NC(=O)OC(C)(C)C)C(C(=O)NC(Cc1ccccc1)C(=O)OC(C)(C)C)c1ccccc1O. The zero-order chi connectivity index (χ0) is 35.2. The fourth-order valence-corrected chi connectivity index (χ4v) is 5.06. The summed E-state index contributed by atoms with van der Waals surface area (Å²) in [5.41, 5.74) is -0.593. The number of nitrogens with zero attached hydrogens (tertiary/aromatic N) is 1. The molecule has 3 N–H and O–H groups in total.